The van der Waals surface area contributed by atoms with Gasteiger partial charge >= 0.3 is 19.8 Å². The van der Waals surface area contributed by atoms with E-state index in [2.05, 4.69) is 10.4 Å². The van der Waals surface area contributed by atoms with Gasteiger partial charge in [0.2, 0.25) is 0 Å². The van der Waals surface area contributed by atoms with Crippen LogP contribution >= 0.6 is 7.75 Å². The largest absolute Gasteiger partial charge is 0.513 e. The van der Waals surface area contributed by atoms with Gasteiger partial charge in [-0.3, -0.25) is 4.79 Å². The molecule has 1 heterocycles. The van der Waals surface area contributed by atoms with Gasteiger partial charge in [-0.05, 0) is 30.7 Å². The van der Waals surface area contributed by atoms with E-state index in [1.165, 1.54) is 7.11 Å². The van der Waals surface area contributed by atoms with Gasteiger partial charge in [0.05, 0.1) is 25.1 Å². The van der Waals surface area contributed by atoms with Gasteiger partial charge in [-0.25, -0.2) is 9.36 Å². The Hall–Kier alpha value is -3.03. The molecule has 10 heteroatoms. The molecule has 2 aromatic carbocycles. The van der Waals surface area contributed by atoms with Crippen molar-refractivity contribution in [3.63, 3.8) is 0 Å². The SMILES string of the molecule is COC(=O)C1CC2NC(=O)OC2C1NP(=O)(Oc1ccccc1)Oc1ccccc1. The second kappa shape index (κ2) is 8.38. The molecule has 1 aliphatic carbocycles. The van der Waals surface area contributed by atoms with Crippen molar-refractivity contribution in [3.8, 4) is 11.5 Å². The predicted octanol–water partition coefficient (Wildman–Crippen LogP) is 2.88. The highest BCUT2D eigenvalue weighted by Crippen LogP contribution is 2.48. The van der Waals surface area contributed by atoms with Crippen molar-refractivity contribution >= 4 is 19.8 Å². The smallest absolute Gasteiger partial charge is 0.469 e. The molecular weight excluding hydrogens is 411 g/mol. The van der Waals surface area contributed by atoms with E-state index >= 15 is 0 Å². The molecule has 0 aromatic heterocycles. The van der Waals surface area contributed by atoms with E-state index in [0.29, 0.717) is 11.5 Å². The lowest BCUT2D eigenvalue weighted by atomic mass is 10.0. The maximum atomic E-state index is 13.8. The van der Waals surface area contributed by atoms with Gasteiger partial charge in [0.15, 0.2) is 0 Å². The van der Waals surface area contributed by atoms with E-state index in [1.807, 2.05) is 0 Å². The first-order valence-electron chi connectivity index (χ1n) is 9.39. The van der Waals surface area contributed by atoms with E-state index in [0.717, 1.165) is 0 Å². The quantitative estimate of drug-likeness (QED) is 0.508. The summed E-state index contributed by atoms with van der Waals surface area (Å²) in [6.45, 7) is 0. The summed E-state index contributed by atoms with van der Waals surface area (Å²) in [5, 5.41) is 5.50. The number of nitrogens with one attached hydrogen (secondary N) is 2. The average Bonchev–Trinajstić information content (AvgIpc) is 3.25. The Morgan fingerprint density at radius 3 is 2.17 bits per heavy atom. The zero-order valence-electron chi connectivity index (χ0n) is 16.1. The van der Waals surface area contributed by atoms with Crippen molar-refractivity contribution in [2.24, 2.45) is 5.92 Å². The van der Waals surface area contributed by atoms with Crippen LogP contribution in [0.15, 0.2) is 60.7 Å². The van der Waals surface area contributed by atoms with Crippen LogP contribution in [0.1, 0.15) is 6.42 Å². The van der Waals surface area contributed by atoms with E-state index in [4.69, 9.17) is 18.5 Å². The van der Waals surface area contributed by atoms with Crippen molar-refractivity contribution < 1.29 is 32.7 Å². The molecule has 4 atom stereocenters. The Bertz CT molecular complexity index is 911. The molecule has 1 saturated heterocycles. The molecule has 30 heavy (non-hydrogen) atoms. The fourth-order valence-electron chi connectivity index (χ4n) is 3.69. The van der Waals surface area contributed by atoms with Crippen LogP contribution in [0.2, 0.25) is 0 Å². The minimum absolute atomic E-state index is 0.275. The number of methoxy groups -OCH3 is 1. The summed E-state index contributed by atoms with van der Waals surface area (Å²) in [4.78, 5) is 24.0. The van der Waals surface area contributed by atoms with Crippen LogP contribution in [0.3, 0.4) is 0 Å². The normalized spacial score (nSPS) is 25.0. The monoisotopic (exact) mass is 432 g/mol. The summed E-state index contributed by atoms with van der Waals surface area (Å²) in [6.07, 6.45) is -1.05. The number of esters is 1. The molecule has 4 rings (SSSR count). The van der Waals surface area contributed by atoms with Crippen LogP contribution in [0.5, 0.6) is 11.5 Å². The third kappa shape index (κ3) is 4.27. The molecule has 2 fully saturated rings. The Morgan fingerprint density at radius 2 is 1.63 bits per heavy atom. The molecule has 0 bridgehead atoms. The Labute approximate surface area is 173 Å². The third-order valence-electron chi connectivity index (χ3n) is 4.99. The Morgan fingerprint density at radius 1 is 1.07 bits per heavy atom. The van der Waals surface area contributed by atoms with Crippen molar-refractivity contribution in [2.45, 2.75) is 24.6 Å². The molecule has 158 valence electrons. The number of carbonyl (C=O) groups is 2. The minimum Gasteiger partial charge on any atom is -0.469 e. The molecule has 0 radical (unpaired) electrons. The second-order valence-corrected chi connectivity index (χ2v) is 8.57. The number of fused-ring (bicyclic) bond motifs is 1. The molecule has 2 N–H and O–H groups in total. The van der Waals surface area contributed by atoms with Gasteiger partial charge in [-0.15, -0.1) is 0 Å². The highest BCUT2D eigenvalue weighted by Gasteiger charge is 2.55. The molecule has 1 saturated carbocycles. The van der Waals surface area contributed by atoms with E-state index in [1.54, 1.807) is 60.7 Å². The van der Waals surface area contributed by atoms with Crippen LogP contribution in [0, 0.1) is 5.92 Å². The van der Waals surface area contributed by atoms with E-state index in [9.17, 15) is 14.2 Å². The molecule has 0 spiro atoms. The van der Waals surface area contributed by atoms with Crippen LogP contribution in [-0.4, -0.2) is 37.4 Å². The maximum Gasteiger partial charge on any atom is 0.513 e. The van der Waals surface area contributed by atoms with E-state index in [-0.39, 0.29) is 6.42 Å². The number of amides is 1. The maximum absolute atomic E-state index is 13.8. The number of hydrogen-bond acceptors (Lipinski definition) is 7. The number of rotatable bonds is 7. The number of hydrogen-bond donors (Lipinski definition) is 2. The molecule has 9 nitrogen and oxygen atoms in total. The first-order chi connectivity index (χ1) is 14.5. The number of alkyl carbamates (subject to hydrolysis) is 1. The first kappa shape index (κ1) is 20.3. The fraction of sp³-hybridized carbons (Fsp3) is 0.300. The van der Waals surface area contributed by atoms with Gasteiger partial charge in [0, 0.05) is 0 Å². The zero-order chi connectivity index (χ0) is 21.1. The summed E-state index contributed by atoms with van der Waals surface area (Å²) in [7, 11) is -2.77. The number of para-hydroxylation sites is 2. The molecule has 1 aliphatic heterocycles. The lowest BCUT2D eigenvalue weighted by molar-refractivity contribution is -0.146. The Balaban J connectivity index is 1.64. The van der Waals surface area contributed by atoms with Gasteiger partial charge in [-0.1, -0.05) is 36.4 Å². The van der Waals surface area contributed by atoms with Gasteiger partial charge in [0.1, 0.15) is 17.6 Å². The molecule has 2 aliphatic rings. The number of benzene rings is 2. The lowest BCUT2D eigenvalue weighted by Crippen LogP contribution is -2.45. The summed E-state index contributed by atoms with van der Waals surface area (Å²) >= 11 is 0. The number of ether oxygens (including phenoxy) is 2. The van der Waals surface area contributed by atoms with Crippen molar-refractivity contribution in [1.82, 2.24) is 10.4 Å². The first-order valence-corrected chi connectivity index (χ1v) is 10.9. The van der Waals surface area contributed by atoms with Gasteiger partial charge in [-0.2, -0.15) is 5.09 Å². The highest BCUT2D eigenvalue weighted by atomic mass is 31.2. The lowest BCUT2D eigenvalue weighted by Gasteiger charge is -2.27. The topological polar surface area (TPSA) is 112 Å². The molecular formula is C20H21N2O7P. The molecule has 2 aromatic rings. The van der Waals surface area contributed by atoms with Crippen LogP contribution in [0.25, 0.3) is 0 Å². The van der Waals surface area contributed by atoms with Crippen molar-refractivity contribution in [3.05, 3.63) is 60.7 Å². The van der Waals surface area contributed by atoms with Crippen LogP contribution in [0.4, 0.5) is 4.79 Å². The Kier molecular flexibility index (Phi) is 5.65. The molecule has 1 amide bonds. The molecule has 4 unspecified atom stereocenters. The highest BCUT2D eigenvalue weighted by molar-refractivity contribution is 7.52. The predicted molar refractivity (Wildman–Crippen MR) is 106 cm³/mol. The third-order valence-corrected chi connectivity index (χ3v) is 6.50. The second-order valence-electron chi connectivity index (χ2n) is 6.95. The summed E-state index contributed by atoms with van der Waals surface area (Å²) in [6, 6.07) is 15.8. The number of carbonyl (C=O) groups excluding carboxylic acids is 2. The summed E-state index contributed by atoms with van der Waals surface area (Å²) in [5.74, 6) is -0.590. The van der Waals surface area contributed by atoms with Crippen molar-refractivity contribution in [1.29, 1.82) is 0 Å². The fourth-order valence-corrected chi connectivity index (χ4v) is 5.32. The average molecular weight is 432 g/mol. The van der Waals surface area contributed by atoms with E-state index < -0.39 is 43.9 Å². The van der Waals surface area contributed by atoms with Gasteiger partial charge in [0.25, 0.3) is 0 Å². The zero-order valence-corrected chi connectivity index (χ0v) is 17.0. The summed E-state index contributed by atoms with van der Waals surface area (Å²) in [5.41, 5.74) is 0. The minimum atomic E-state index is -4.05. The van der Waals surface area contributed by atoms with Gasteiger partial charge < -0.3 is 23.8 Å². The summed E-state index contributed by atoms with van der Waals surface area (Å²) < 4.78 is 35.4. The van der Waals surface area contributed by atoms with Crippen LogP contribution < -0.4 is 19.5 Å². The van der Waals surface area contributed by atoms with Crippen molar-refractivity contribution in [2.75, 3.05) is 7.11 Å². The standard InChI is InChI=1S/C20H21N2O7P/c1-26-19(23)15-12-16-18(27-20(24)21-16)17(15)22-30(25,28-13-8-4-2-5-9-13)29-14-10-6-3-7-11-14/h2-11,15-18H,12H2,1H3,(H,21,24)(H,22,25). The van der Waals surface area contributed by atoms with Crippen LogP contribution in [-0.2, 0) is 18.8 Å².